The lowest BCUT2D eigenvalue weighted by atomic mass is 10.0. The van der Waals surface area contributed by atoms with Crippen molar-refractivity contribution in [1.29, 1.82) is 5.26 Å². The van der Waals surface area contributed by atoms with Gasteiger partial charge >= 0.3 is 12.0 Å². The van der Waals surface area contributed by atoms with E-state index in [4.69, 9.17) is 24.2 Å². The predicted octanol–water partition coefficient (Wildman–Crippen LogP) is 6.12. The van der Waals surface area contributed by atoms with Crippen LogP contribution in [0.1, 0.15) is 91.4 Å². The summed E-state index contributed by atoms with van der Waals surface area (Å²) in [6.45, 7) is 3.56. The number of benzene rings is 3. The van der Waals surface area contributed by atoms with E-state index in [-0.39, 0.29) is 77.5 Å². The SMILES string of the molecule is N#CC#Cc1ccc(NC(=O)CCCCn2cc(CCCC(=O)NCCCc3ccc(/N=N/c4ccc(O)cc4OCCOCCOCCOCCNC(=O)CCCC[C@@H]4SCC5NC(=O)NC54)c(C(=O)O)c3)nn2)cc1. The highest BCUT2D eigenvalue weighted by molar-refractivity contribution is 8.00. The maximum absolute atomic E-state index is 12.5. The molecule has 7 N–H and O–H groups in total. The Hall–Kier alpha value is -7.57. The fourth-order valence-electron chi connectivity index (χ4n) is 8.30. The largest absolute Gasteiger partial charge is 0.508 e. The van der Waals surface area contributed by atoms with Crippen LogP contribution in [0.25, 0.3) is 0 Å². The summed E-state index contributed by atoms with van der Waals surface area (Å²) in [5.74, 6) is 4.78. The van der Waals surface area contributed by atoms with Crippen molar-refractivity contribution in [3.8, 4) is 29.4 Å². The lowest BCUT2D eigenvalue weighted by Gasteiger charge is -2.16. The third-order valence-electron chi connectivity index (χ3n) is 12.2. The Morgan fingerprint density at radius 2 is 1.48 bits per heavy atom. The van der Waals surface area contributed by atoms with Gasteiger partial charge in [0.1, 0.15) is 23.7 Å². The minimum Gasteiger partial charge on any atom is -0.508 e. The van der Waals surface area contributed by atoms with Gasteiger partial charge in [-0.15, -0.1) is 15.3 Å². The number of aromatic carboxylic acids is 1. The summed E-state index contributed by atoms with van der Waals surface area (Å²) in [6.07, 6.45) is 9.38. The van der Waals surface area contributed by atoms with Gasteiger partial charge < -0.3 is 55.7 Å². The van der Waals surface area contributed by atoms with Crippen molar-refractivity contribution in [3.63, 3.8) is 0 Å². The summed E-state index contributed by atoms with van der Waals surface area (Å²) in [7, 11) is 0. The number of hydrogen-bond donors (Lipinski definition) is 7. The van der Waals surface area contributed by atoms with Gasteiger partial charge in [-0.2, -0.15) is 17.0 Å². The Kier molecular flexibility index (Phi) is 25.0. The molecule has 0 spiro atoms. The predicted molar refractivity (Wildman–Crippen MR) is 286 cm³/mol. The molecule has 6 rings (SSSR count). The number of phenols is 1. The van der Waals surface area contributed by atoms with Crippen molar-refractivity contribution in [2.75, 3.05) is 70.4 Å². The van der Waals surface area contributed by atoms with Gasteiger partial charge in [0.15, 0.2) is 11.8 Å². The number of carbonyl (C=O) groups is 5. The molecular weight excluding hydrogens is 1010 g/mol. The van der Waals surface area contributed by atoms with Gasteiger partial charge in [-0.25, -0.2) is 9.59 Å². The van der Waals surface area contributed by atoms with E-state index in [0.29, 0.717) is 121 Å². The molecule has 3 atom stereocenters. The molecule has 77 heavy (non-hydrogen) atoms. The summed E-state index contributed by atoms with van der Waals surface area (Å²) in [4.78, 5) is 60.8. The number of nitrogens with one attached hydrogen (secondary N) is 5. The standard InChI is InChI=1S/C54H67N11O11S/c55-23-6-8-38-15-18-40(19-16-38)58-51(69)13-3-4-26-65-36-41(61-64-65)10-5-14-50(68)56-24-7-9-39-17-21-44(43(34-39)53(70)71)62-63-45-22-20-42(66)35-47(45)76-33-32-75-31-30-74-29-28-73-27-25-57-49(67)12-2-1-11-48-52-46(37-77-48)59-54(72)60-52/h15-22,34-36,46,48,52,66H,1-5,7,9-14,24-33,37H2,(H,56,68)(H,57,67)(H,58,69)(H,70,71)(H2,59,60,72)/b63-62+/t46?,48-,52?/m0/s1. The number of phenolic OH excluding ortho intramolecular Hbond substituents is 1. The van der Waals surface area contributed by atoms with Gasteiger partial charge in [0.25, 0.3) is 0 Å². The van der Waals surface area contributed by atoms with E-state index in [0.717, 1.165) is 42.7 Å². The third-order valence-corrected chi connectivity index (χ3v) is 13.7. The van der Waals surface area contributed by atoms with Crippen LogP contribution >= 0.6 is 11.8 Å². The van der Waals surface area contributed by atoms with E-state index in [2.05, 4.69) is 59.0 Å². The van der Waals surface area contributed by atoms with Crippen LogP contribution in [0.3, 0.4) is 0 Å². The number of aromatic nitrogens is 3. The number of amides is 5. The van der Waals surface area contributed by atoms with E-state index in [1.54, 1.807) is 53.2 Å². The highest BCUT2D eigenvalue weighted by Crippen LogP contribution is 2.34. The molecule has 4 aromatic rings. The van der Waals surface area contributed by atoms with Gasteiger partial charge in [0.05, 0.1) is 63.0 Å². The van der Waals surface area contributed by atoms with Crippen LogP contribution in [0, 0.1) is 23.2 Å². The van der Waals surface area contributed by atoms with Gasteiger partial charge in [0.2, 0.25) is 17.7 Å². The zero-order valence-electron chi connectivity index (χ0n) is 43.0. The molecule has 2 aliphatic rings. The normalized spacial score (nSPS) is 15.4. The first-order chi connectivity index (χ1) is 37.5. The van der Waals surface area contributed by atoms with E-state index < -0.39 is 5.97 Å². The number of fused-ring (bicyclic) bond motifs is 1. The third kappa shape index (κ3) is 21.5. The van der Waals surface area contributed by atoms with E-state index in [9.17, 15) is 34.2 Å². The molecule has 23 heteroatoms. The first kappa shape index (κ1) is 58.7. The molecule has 3 aromatic carbocycles. The highest BCUT2D eigenvalue weighted by Gasteiger charge is 2.42. The fraction of sp³-hybridized carbons (Fsp3) is 0.481. The second kappa shape index (κ2) is 32.8. The van der Waals surface area contributed by atoms with Gasteiger partial charge in [-0.05, 0) is 105 Å². The van der Waals surface area contributed by atoms with E-state index in [1.807, 2.05) is 18.0 Å². The number of aromatic hydroxyl groups is 1. The highest BCUT2D eigenvalue weighted by atomic mass is 32.2. The number of anilines is 1. The van der Waals surface area contributed by atoms with Gasteiger partial charge in [-0.1, -0.05) is 23.6 Å². The summed E-state index contributed by atoms with van der Waals surface area (Å²) in [6, 6.07) is 18.3. The molecule has 2 aliphatic heterocycles. The van der Waals surface area contributed by atoms with Crippen LogP contribution in [-0.4, -0.2) is 137 Å². The number of nitrogens with zero attached hydrogens (tertiary/aromatic N) is 6. The van der Waals surface area contributed by atoms with Crippen LogP contribution < -0.4 is 31.3 Å². The number of thioether (sulfide) groups is 1. The monoisotopic (exact) mass is 1080 g/mol. The Morgan fingerprint density at radius 1 is 0.779 bits per heavy atom. The summed E-state index contributed by atoms with van der Waals surface area (Å²) in [5, 5.41) is 60.5. The topological polar surface area (TPSA) is 302 Å². The number of nitriles is 1. The lowest BCUT2D eigenvalue weighted by Crippen LogP contribution is -2.36. The van der Waals surface area contributed by atoms with Crippen LogP contribution in [0.5, 0.6) is 11.5 Å². The second-order valence-electron chi connectivity index (χ2n) is 18.1. The minimum atomic E-state index is -1.17. The van der Waals surface area contributed by atoms with Crippen molar-refractivity contribution in [2.45, 2.75) is 101 Å². The van der Waals surface area contributed by atoms with Crippen LogP contribution in [0.2, 0.25) is 0 Å². The van der Waals surface area contributed by atoms with Crippen LogP contribution in [-0.2, 0) is 48.0 Å². The summed E-state index contributed by atoms with van der Waals surface area (Å²) < 4.78 is 24.2. The average molecular weight is 1080 g/mol. The smallest absolute Gasteiger partial charge is 0.337 e. The molecule has 5 amide bonds. The Balaban J connectivity index is 0.770. The fourth-order valence-corrected chi connectivity index (χ4v) is 9.85. The number of carbonyl (C=O) groups excluding carboxylic acids is 4. The maximum atomic E-state index is 12.5. The average Bonchev–Trinajstić information content (AvgIpc) is 4.16. The number of hydrogen-bond acceptors (Lipinski definition) is 16. The number of carboxylic acids is 1. The molecule has 3 heterocycles. The van der Waals surface area contributed by atoms with Crippen molar-refractivity contribution in [3.05, 3.63) is 89.2 Å². The summed E-state index contributed by atoms with van der Waals surface area (Å²) in [5.41, 5.74) is 3.26. The van der Waals surface area contributed by atoms with E-state index >= 15 is 0 Å². The van der Waals surface area contributed by atoms with Gasteiger partial charge in [0, 0.05) is 79.3 Å². The number of carboxylic acid groups (broad SMARTS) is 1. The van der Waals surface area contributed by atoms with Crippen molar-refractivity contribution >= 4 is 58.5 Å². The molecule has 22 nitrogen and oxygen atoms in total. The van der Waals surface area contributed by atoms with Crippen molar-refractivity contribution < 1.29 is 53.1 Å². The molecule has 0 saturated carbocycles. The molecule has 2 saturated heterocycles. The number of azo groups is 1. The quantitative estimate of drug-likeness (QED) is 0.0118. The molecule has 410 valence electrons. The number of unbranched alkanes of at least 4 members (excludes halogenated alkanes) is 2. The molecular formula is C54H67N11O11S. The van der Waals surface area contributed by atoms with Gasteiger partial charge in [-0.3, -0.25) is 19.1 Å². The molecule has 2 unspecified atom stereocenters. The van der Waals surface area contributed by atoms with Crippen molar-refractivity contribution in [1.82, 2.24) is 36.3 Å². The molecule has 0 aliphatic carbocycles. The minimum absolute atomic E-state index is 0.00268. The Bertz CT molecular complexity index is 2700. The lowest BCUT2D eigenvalue weighted by molar-refractivity contribution is -0.122. The Morgan fingerprint density at radius 3 is 2.26 bits per heavy atom. The molecule has 2 fully saturated rings. The number of ether oxygens (including phenoxy) is 4. The number of rotatable bonds is 35. The van der Waals surface area contributed by atoms with Crippen LogP contribution in [0.15, 0.2) is 77.1 Å². The second-order valence-corrected chi connectivity index (χ2v) is 19.4. The molecule has 1 aromatic heterocycles. The van der Waals surface area contributed by atoms with E-state index in [1.165, 1.54) is 18.2 Å². The summed E-state index contributed by atoms with van der Waals surface area (Å²) >= 11 is 1.88. The number of urea groups is 1. The van der Waals surface area contributed by atoms with Crippen molar-refractivity contribution in [2.24, 2.45) is 10.2 Å². The zero-order chi connectivity index (χ0) is 54.5. The Labute approximate surface area is 451 Å². The first-order valence-corrected chi connectivity index (χ1v) is 27.0. The molecule has 0 bridgehead atoms. The zero-order valence-corrected chi connectivity index (χ0v) is 43.8. The molecule has 0 radical (unpaired) electrons. The maximum Gasteiger partial charge on any atom is 0.337 e. The first-order valence-electron chi connectivity index (χ1n) is 25.9. The number of aryl methyl sites for hydroxylation is 3. The van der Waals surface area contributed by atoms with Crippen LogP contribution in [0.4, 0.5) is 21.9 Å².